The molecule has 3 aromatic rings. The zero-order valence-corrected chi connectivity index (χ0v) is 12.1. The Morgan fingerprint density at radius 1 is 0.773 bits per heavy atom. The van der Waals surface area contributed by atoms with Crippen molar-refractivity contribution in [3.05, 3.63) is 72.3 Å². The minimum absolute atomic E-state index is 0.0351. The molecule has 0 fully saturated rings. The van der Waals surface area contributed by atoms with E-state index in [1.165, 1.54) is 12.1 Å². The fourth-order valence-electron chi connectivity index (χ4n) is 2.11. The van der Waals surface area contributed by atoms with Crippen LogP contribution in [0.2, 0.25) is 0 Å². The first-order valence-corrected chi connectivity index (χ1v) is 7.91. The van der Waals surface area contributed by atoms with Gasteiger partial charge in [0, 0.05) is 6.07 Å². The molecule has 22 heavy (non-hydrogen) atoms. The summed E-state index contributed by atoms with van der Waals surface area (Å²) in [5.41, 5.74) is -0.0351. The van der Waals surface area contributed by atoms with E-state index in [0.717, 1.165) is 29.0 Å². The zero-order chi connectivity index (χ0) is 15.7. The second kappa shape index (κ2) is 5.38. The molecule has 0 spiro atoms. The molecule has 0 radical (unpaired) electrons. The average Bonchev–Trinajstić information content (AvgIpc) is 2.50. The molecule has 3 aromatic carbocycles. The summed E-state index contributed by atoms with van der Waals surface area (Å²) < 4.78 is 52.9. The lowest BCUT2D eigenvalue weighted by Gasteiger charge is -2.09. The molecule has 0 aliphatic heterocycles. The van der Waals surface area contributed by atoms with Gasteiger partial charge in [0.25, 0.3) is 10.0 Å². The van der Waals surface area contributed by atoms with Gasteiger partial charge in [-0.15, -0.1) is 0 Å². The molecular formula is C16H11F2NO2S. The standard InChI is InChI=1S/C16H11F2NO2S/c17-15-8-6-13(10-16(15)18)19-22(20,21)14-7-5-11-3-1-2-4-12(11)9-14/h1-10,19H. The number of hydrogen-bond acceptors (Lipinski definition) is 2. The summed E-state index contributed by atoms with van der Waals surface area (Å²) in [6.45, 7) is 0. The molecule has 6 heteroatoms. The highest BCUT2D eigenvalue weighted by Gasteiger charge is 2.15. The van der Waals surface area contributed by atoms with Crippen LogP contribution in [0.15, 0.2) is 65.6 Å². The highest BCUT2D eigenvalue weighted by Crippen LogP contribution is 2.22. The van der Waals surface area contributed by atoms with Gasteiger partial charge in [0.2, 0.25) is 0 Å². The first-order valence-electron chi connectivity index (χ1n) is 6.42. The van der Waals surface area contributed by atoms with E-state index in [-0.39, 0.29) is 10.6 Å². The van der Waals surface area contributed by atoms with Gasteiger partial charge in [-0.2, -0.15) is 0 Å². The molecule has 112 valence electrons. The maximum absolute atomic E-state index is 13.2. The van der Waals surface area contributed by atoms with E-state index >= 15 is 0 Å². The smallest absolute Gasteiger partial charge is 0.261 e. The predicted octanol–water partition coefficient (Wildman–Crippen LogP) is 3.92. The minimum atomic E-state index is -3.87. The largest absolute Gasteiger partial charge is 0.280 e. The highest BCUT2D eigenvalue weighted by molar-refractivity contribution is 7.92. The van der Waals surface area contributed by atoms with E-state index in [4.69, 9.17) is 0 Å². The number of hydrogen-bond donors (Lipinski definition) is 1. The molecule has 0 bridgehead atoms. The van der Waals surface area contributed by atoms with Crippen LogP contribution >= 0.6 is 0 Å². The molecule has 3 nitrogen and oxygen atoms in total. The third kappa shape index (κ3) is 2.78. The lowest BCUT2D eigenvalue weighted by molar-refractivity contribution is 0.509. The molecule has 0 heterocycles. The molecule has 3 rings (SSSR count). The van der Waals surface area contributed by atoms with Crippen LogP contribution in [0.5, 0.6) is 0 Å². The first kappa shape index (κ1) is 14.5. The first-order chi connectivity index (χ1) is 10.5. The summed E-state index contributed by atoms with van der Waals surface area (Å²) in [4.78, 5) is 0.0518. The SMILES string of the molecule is O=S(=O)(Nc1ccc(F)c(F)c1)c1ccc2ccccc2c1. The van der Waals surface area contributed by atoms with Crippen molar-refractivity contribution in [3.8, 4) is 0 Å². The van der Waals surface area contributed by atoms with Gasteiger partial charge in [-0.3, -0.25) is 4.72 Å². The second-order valence-electron chi connectivity index (χ2n) is 4.74. The van der Waals surface area contributed by atoms with Crippen molar-refractivity contribution in [2.75, 3.05) is 4.72 Å². The molecule has 0 unspecified atom stereocenters. The van der Waals surface area contributed by atoms with E-state index in [1.807, 2.05) is 18.2 Å². The molecule has 0 aromatic heterocycles. The molecule has 0 aliphatic rings. The van der Waals surface area contributed by atoms with Crippen molar-refractivity contribution in [2.24, 2.45) is 0 Å². The van der Waals surface area contributed by atoms with Crippen LogP contribution in [0.3, 0.4) is 0 Å². The molecule has 0 atom stereocenters. The van der Waals surface area contributed by atoms with Crippen molar-refractivity contribution in [1.82, 2.24) is 0 Å². The van der Waals surface area contributed by atoms with Crippen LogP contribution in [0, 0.1) is 11.6 Å². The number of rotatable bonds is 3. The predicted molar refractivity (Wildman–Crippen MR) is 81.1 cm³/mol. The topological polar surface area (TPSA) is 46.2 Å². The van der Waals surface area contributed by atoms with Gasteiger partial charge in [0.1, 0.15) is 0 Å². The number of anilines is 1. The van der Waals surface area contributed by atoms with Gasteiger partial charge in [-0.25, -0.2) is 17.2 Å². The third-order valence-corrected chi connectivity index (χ3v) is 4.58. The fraction of sp³-hybridized carbons (Fsp3) is 0. The van der Waals surface area contributed by atoms with E-state index < -0.39 is 21.7 Å². The fourth-order valence-corrected chi connectivity index (χ4v) is 3.19. The molecule has 0 amide bonds. The van der Waals surface area contributed by atoms with Gasteiger partial charge in [-0.1, -0.05) is 30.3 Å². The summed E-state index contributed by atoms with van der Waals surface area (Å²) in [6.07, 6.45) is 0. The molecule has 0 saturated heterocycles. The summed E-state index contributed by atoms with van der Waals surface area (Å²) >= 11 is 0. The Hall–Kier alpha value is -2.47. The maximum atomic E-state index is 13.2. The Bertz CT molecular complexity index is 955. The van der Waals surface area contributed by atoms with Crippen LogP contribution in [0.4, 0.5) is 14.5 Å². The van der Waals surface area contributed by atoms with Gasteiger partial charge in [-0.05, 0) is 35.0 Å². The van der Waals surface area contributed by atoms with E-state index in [9.17, 15) is 17.2 Å². The summed E-state index contributed by atoms with van der Waals surface area (Å²) in [6, 6.07) is 14.8. The van der Waals surface area contributed by atoms with Gasteiger partial charge in [0.05, 0.1) is 10.6 Å². The molecular weight excluding hydrogens is 308 g/mol. The number of nitrogens with one attached hydrogen (secondary N) is 1. The summed E-state index contributed by atoms with van der Waals surface area (Å²) in [5.74, 6) is -2.15. The highest BCUT2D eigenvalue weighted by atomic mass is 32.2. The summed E-state index contributed by atoms with van der Waals surface area (Å²) in [5, 5.41) is 1.69. The third-order valence-electron chi connectivity index (χ3n) is 3.20. The number of halogens is 2. The van der Waals surface area contributed by atoms with E-state index in [0.29, 0.717) is 0 Å². The molecule has 0 saturated carbocycles. The Balaban J connectivity index is 1.98. The Kier molecular flexibility index (Phi) is 3.54. The molecule has 0 aliphatic carbocycles. The Labute approximate surface area is 126 Å². The van der Waals surface area contributed by atoms with E-state index in [1.54, 1.807) is 12.1 Å². The number of fused-ring (bicyclic) bond motifs is 1. The van der Waals surface area contributed by atoms with Gasteiger partial charge >= 0.3 is 0 Å². The van der Waals surface area contributed by atoms with Crippen molar-refractivity contribution in [1.29, 1.82) is 0 Å². The van der Waals surface area contributed by atoms with E-state index in [2.05, 4.69) is 4.72 Å². The number of sulfonamides is 1. The van der Waals surface area contributed by atoms with Crippen LogP contribution in [-0.2, 0) is 10.0 Å². The van der Waals surface area contributed by atoms with Crippen LogP contribution in [0.25, 0.3) is 10.8 Å². The lowest BCUT2D eigenvalue weighted by Crippen LogP contribution is -2.13. The number of benzene rings is 3. The van der Waals surface area contributed by atoms with Crippen molar-refractivity contribution in [2.45, 2.75) is 4.90 Å². The second-order valence-corrected chi connectivity index (χ2v) is 6.43. The van der Waals surface area contributed by atoms with Crippen molar-refractivity contribution >= 4 is 26.5 Å². The quantitative estimate of drug-likeness (QED) is 0.795. The average molecular weight is 319 g/mol. The maximum Gasteiger partial charge on any atom is 0.261 e. The summed E-state index contributed by atoms with van der Waals surface area (Å²) in [7, 11) is -3.87. The van der Waals surface area contributed by atoms with Crippen molar-refractivity contribution in [3.63, 3.8) is 0 Å². The lowest BCUT2D eigenvalue weighted by atomic mass is 10.1. The minimum Gasteiger partial charge on any atom is -0.280 e. The van der Waals surface area contributed by atoms with Crippen LogP contribution < -0.4 is 4.72 Å². The van der Waals surface area contributed by atoms with Gasteiger partial charge < -0.3 is 0 Å². The normalized spacial score (nSPS) is 11.5. The van der Waals surface area contributed by atoms with Gasteiger partial charge in [0.15, 0.2) is 11.6 Å². The Morgan fingerprint density at radius 2 is 1.50 bits per heavy atom. The van der Waals surface area contributed by atoms with Crippen LogP contribution in [-0.4, -0.2) is 8.42 Å². The Morgan fingerprint density at radius 3 is 2.23 bits per heavy atom. The zero-order valence-electron chi connectivity index (χ0n) is 11.3. The van der Waals surface area contributed by atoms with Crippen molar-refractivity contribution < 1.29 is 17.2 Å². The molecule has 1 N–H and O–H groups in total. The monoisotopic (exact) mass is 319 g/mol. The van der Waals surface area contributed by atoms with Crippen LogP contribution in [0.1, 0.15) is 0 Å².